The van der Waals surface area contributed by atoms with Crippen LogP contribution in [0.3, 0.4) is 0 Å². The monoisotopic (exact) mass is 325 g/mol. The molecular weight excluding hydrogens is 306 g/mol. The molecule has 4 rings (SSSR count). The van der Waals surface area contributed by atoms with Gasteiger partial charge in [0.25, 0.3) is 0 Å². The Hall–Kier alpha value is -2.70. The maximum absolute atomic E-state index is 11.3. The lowest BCUT2D eigenvalue weighted by molar-refractivity contribution is -0.114. The molecule has 24 heavy (non-hydrogen) atoms. The molecule has 0 unspecified atom stereocenters. The van der Waals surface area contributed by atoms with E-state index in [1.54, 1.807) is 7.11 Å². The standard InChI is InChI=1S/C17H19N5O2/c1-10-6-15(21-16(19-10)24-3)22-9-17(4-5-17)12-8-18-14(7-13(12)22)20-11(2)23/h6-8H,4-5,9H2,1-3H3,(H,18,20,23). The average molecular weight is 325 g/mol. The number of fused-ring (bicyclic) bond motifs is 2. The number of hydrogen-bond acceptors (Lipinski definition) is 6. The molecule has 1 N–H and O–H groups in total. The molecule has 1 amide bonds. The Morgan fingerprint density at radius 3 is 2.79 bits per heavy atom. The fraction of sp³-hybridized carbons (Fsp3) is 0.412. The summed E-state index contributed by atoms with van der Waals surface area (Å²) in [6.45, 7) is 4.27. The Bertz CT molecular complexity index is 832. The molecule has 1 saturated carbocycles. The maximum Gasteiger partial charge on any atom is 0.318 e. The van der Waals surface area contributed by atoms with Crippen molar-refractivity contribution < 1.29 is 9.53 Å². The highest BCUT2D eigenvalue weighted by Crippen LogP contribution is 2.58. The van der Waals surface area contributed by atoms with Crippen molar-refractivity contribution in [3.05, 3.63) is 29.6 Å². The average Bonchev–Trinajstić information content (AvgIpc) is 3.24. The summed E-state index contributed by atoms with van der Waals surface area (Å²) in [7, 11) is 1.57. The van der Waals surface area contributed by atoms with Gasteiger partial charge in [-0.3, -0.25) is 4.79 Å². The van der Waals surface area contributed by atoms with Gasteiger partial charge in [-0.1, -0.05) is 0 Å². The number of nitrogens with one attached hydrogen (secondary N) is 1. The quantitative estimate of drug-likeness (QED) is 0.933. The van der Waals surface area contributed by atoms with E-state index in [9.17, 15) is 4.79 Å². The molecule has 0 atom stereocenters. The summed E-state index contributed by atoms with van der Waals surface area (Å²) in [6.07, 6.45) is 4.19. The van der Waals surface area contributed by atoms with Crippen molar-refractivity contribution in [2.75, 3.05) is 23.9 Å². The highest BCUT2D eigenvalue weighted by atomic mass is 16.5. The third-order valence-corrected chi connectivity index (χ3v) is 4.64. The number of amides is 1. The van der Waals surface area contributed by atoms with Gasteiger partial charge in [0, 0.05) is 48.5 Å². The van der Waals surface area contributed by atoms with E-state index >= 15 is 0 Å². The van der Waals surface area contributed by atoms with Gasteiger partial charge in [-0.05, 0) is 19.8 Å². The van der Waals surface area contributed by atoms with Crippen LogP contribution in [0, 0.1) is 6.92 Å². The lowest BCUT2D eigenvalue weighted by Gasteiger charge is -2.20. The molecule has 1 fully saturated rings. The van der Waals surface area contributed by atoms with Gasteiger partial charge in [0.1, 0.15) is 11.6 Å². The number of aromatic nitrogens is 3. The Labute approximate surface area is 140 Å². The summed E-state index contributed by atoms with van der Waals surface area (Å²) in [5, 5.41) is 2.75. The first kappa shape index (κ1) is 14.9. The molecule has 1 spiro atoms. The molecule has 7 nitrogen and oxygen atoms in total. The zero-order chi connectivity index (χ0) is 16.9. The summed E-state index contributed by atoms with van der Waals surface area (Å²) in [5.41, 5.74) is 3.30. The minimum atomic E-state index is -0.132. The zero-order valence-corrected chi connectivity index (χ0v) is 14.0. The zero-order valence-electron chi connectivity index (χ0n) is 14.0. The fourth-order valence-electron chi connectivity index (χ4n) is 3.34. The molecule has 2 aliphatic rings. The molecule has 2 aromatic rings. The summed E-state index contributed by atoms with van der Waals surface area (Å²) >= 11 is 0. The van der Waals surface area contributed by atoms with E-state index in [4.69, 9.17) is 4.74 Å². The molecule has 2 aromatic heterocycles. The van der Waals surface area contributed by atoms with E-state index < -0.39 is 0 Å². The van der Waals surface area contributed by atoms with Crippen molar-refractivity contribution in [1.82, 2.24) is 15.0 Å². The van der Waals surface area contributed by atoms with Gasteiger partial charge in [0.05, 0.1) is 12.8 Å². The number of rotatable bonds is 3. The Morgan fingerprint density at radius 2 is 2.12 bits per heavy atom. The topological polar surface area (TPSA) is 80.2 Å². The predicted octanol–water partition coefficient (Wildman–Crippen LogP) is 2.33. The number of methoxy groups -OCH3 is 1. The summed E-state index contributed by atoms with van der Waals surface area (Å²) in [4.78, 5) is 26.7. The van der Waals surface area contributed by atoms with Gasteiger partial charge < -0.3 is 15.0 Å². The van der Waals surface area contributed by atoms with Crippen molar-refractivity contribution in [1.29, 1.82) is 0 Å². The SMILES string of the molecule is COc1nc(C)cc(N2CC3(CC3)c3cnc(NC(C)=O)cc32)n1. The van der Waals surface area contributed by atoms with Crippen LogP contribution in [0.15, 0.2) is 18.3 Å². The van der Waals surface area contributed by atoms with Gasteiger partial charge in [0.15, 0.2) is 0 Å². The van der Waals surface area contributed by atoms with Gasteiger partial charge >= 0.3 is 6.01 Å². The van der Waals surface area contributed by atoms with E-state index in [2.05, 4.69) is 25.2 Å². The van der Waals surface area contributed by atoms with E-state index in [-0.39, 0.29) is 11.3 Å². The molecule has 0 bridgehead atoms. The van der Waals surface area contributed by atoms with E-state index in [0.29, 0.717) is 11.8 Å². The smallest absolute Gasteiger partial charge is 0.318 e. The molecule has 1 aliphatic heterocycles. The predicted molar refractivity (Wildman–Crippen MR) is 89.8 cm³/mol. The van der Waals surface area contributed by atoms with Crippen LogP contribution in [0.25, 0.3) is 0 Å². The van der Waals surface area contributed by atoms with Gasteiger partial charge in [-0.25, -0.2) is 9.97 Å². The van der Waals surface area contributed by atoms with Crippen molar-refractivity contribution in [2.45, 2.75) is 32.1 Å². The van der Waals surface area contributed by atoms with Crippen LogP contribution in [0.5, 0.6) is 6.01 Å². The van der Waals surface area contributed by atoms with Gasteiger partial charge in [0.2, 0.25) is 5.91 Å². The highest BCUT2D eigenvalue weighted by Gasteiger charge is 2.52. The number of carbonyl (C=O) groups excluding carboxylic acids is 1. The van der Waals surface area contributed by atoms with Crippen LogP contribution >= 0.6 is 0 Å². The molecule has 0 radical (unpaired) electrons. The minimum Gasteiger partial charge on any atom is -0.467 e. The van der Waals surface area contributed by atoms with Crippen LogP contribution < -0.4 is 15.0 Å². The van der Waals surface area contributed by atoms with E-state index in [1.165, 1.54) is 12.5 Å². The summed E-state index contributed by atoms with van der Waals surface area (Å²) in [6, 6.07) is 4.24. The van der Waals surface area contributed by atoms with E-state index in [0.717, 1.165) is 36.6 Å². The third kappa shape index (κ3) is 2.36. The number of hydrogen-bond donors (Lipinski definition) is 1. The molecule has 3 heterocycles. The Kier molecular flexibility index (Phi) is 3.19. The summed E-state index contributed by atoms with van der Waals surface area (Å²) < 4.78 is 5.21. The van der Waals surface area contributed by atoms with Crippen LogP contribution in [-0.4, -0.2) is 34.5 Å². The molecule has 0 aromatic carbocycles. The summed E-state index contributed by atoms with van der Waals surface area (Å²) in [5.74, 6) is 1.23. The molecule has 1 aliphatic carbocycles. The van der Waals surface area contributed by atoms with Gasteiger partial charge in [-0.2, -0.15) is 4.98 Å². The number of ether oxygens (including phenoxy) is 1. The second kappa shape index (κ2) is 5.15. The fourth-order valence-corrected chi connectivity index (χ4v) is 3.34. The van der Waals surface area contributed by atoms with Crippen LogP contribution in [0.1, 0.15) is 31.0 Å². The number of carbonyl (C=O) groups is 1. The number of aryl methyl sites for hydroxylation is 1. The number of anilines is 3. The van der Waals surface area contributed by atoms with Crippen LogP contribution in [-0.2, 0) is 10.2 Å². The lowest BCUT2D eigenvalue weighted by atomic mass is 10.0. The highest BCUT2D eigenvalue weighted by molar-refractivity contribution is 5.89. The largest absolute Gasteiger partial charge is 0.467 e. The second-order valence-electron chi connectivity index (χ2n) is 6.49. The van der Waals surface area contributed by atoms with E-state index in [1.807, 2.05) is 25.3 Å². The number of nitrogens with zero attached hydrogens (tertiary/aromatic N) is 4. The van der Waals surface area contributed by atoms with Crippen molar-refractivity contribution in [3.63, 3.8) is 0 Å². The van der Waals surface area contributed by atoms with Crippen molar-refractivity contribution >= 4 is 23.2 Å². The van der Waals surface area contributed by atoms with Crippen molar-refractivity contribution in [3.8, 4) is 6.01 Å². The molecule has 7 heteroatoms. The lowest BCUT2D eigenvalue weighted by Crippen LogP contribution is -2.20. The maximum atomic E-state index is 11.3. The van der Waals surface area contributed by atoms with Crippen LogP contribution in [0.2, 0.25) is 0 Å². The first-order valence-corrected chi connectivity index (χ1v) is 7.96. The molecular formula is C17H19N5O2. The molecule has 124 valence electrons. The first-order valence-electron chi connectivity index (χ1n) is 7.96. The first-order chi connectivity index (χ1) is 11.5. The normalized spacial score (nSPS) is 16.9. The molecule has 0 saturated heterocycles. The Morgan fingerprint density at radius 1 is 1.33 bits per heavy atom. The van der Waals surface area contributed by atoms with Gasteiger partial charge in [-0.15, -0.1) is 0 Å². The second-order valence-corrected chi connectivity index (χ2v) is 6.49. The van der Waals surface area contributed by atoms with Crippen molar-refractivity contribution in [2.24, 2.45) is 0 Å². The van der Waals surface area contributed by atoms with Crippen LogP contribution in [0.4, 0.5) is 17.3 Å². The Balaban J connectivity index is 1.79. The minimum absolute atomic E-state index is 0.132. The third-order valence-electron chi connectivity index (χ3n) is 4.64. The number of pyridine rings is 1.